The zero-order valence-electron chi connectivity index (χ0n) is 11.3. The highest BCUT2D eigenvalue weighted by Gasteiger charge is 2.21. The predicted octanol–water partition coefficient (Wildman–Crippen LogP) is 3.94. The van der Waals surface area contributed by atoms with Gasteiger partial charge in [-0.05, 0) is 12.1 Å². The second kappa shape index (κ2) is 6.75. The van der Waals surface area contributed by atoms with Crippen molar-refractivity contribution in [3.05, 3.63) is 29.6 Å². The Morgan fingerprint density at radius 3 is 2.90 bits per heavy atom. The van der Waals surface area contributed by atoms with E-state index >= 15 is 0 Å². The summed E-state index contributed by atoms with van der Waals surface area (Å²) in [7, 11) is 0. The van der Waals surface area contributed by atoms with Gasteiger partial charge in [-0.2, -0.15) is 23.5 Å². The number of benzene rings is 1. The van der Waals surface area contributed by atoms with Crippen LogP contribution in [0.3, 0.4) is 0 Å². The Balaban J connectivity index is 2.03. The van der Waals surface area contributed by atoms with Crippen molar-refractivity contribution in [1.82, 2.24) is 9.55 Å². The van der Waals surface area contributed by atoms with E-state index in [2.05, 4.69) is 4.98 Å². The molecule has 7 heteroatoms. The number of fused-ring (bicyclic) bond motifs is 1. The first-order valence-electron chi connectivity index (χ1n) is 6.79. The summed E-state index contributed by atoms with van der Waals surface area (Å²) in [6.45, 7) is 0.654. The minimum atomic E-state index is -0.827. The SMILES string of the molecule is Fc1ccc2nc(CCCl)n(CC3CSCCS3)c2c1F. The van der Waals surface area contributed by atoms with E-state index in [4.69, 9.17) is 11.6 Å². The standard InChI is InChI=1S/C14H15ClF2N2S2/c15-4-3-12-18-11-2-1-10(16)13(17)14(11)19(12)7-9-8-20-5-6-21-9/h1-2,9H,3-8H2. The fourth-order valence-corrected chi connectivity index (χ4v) is 5.34. The summed E-state index contributed by atoms with van der Waals surface area (Å²) in [4.78, 5) is 4.43. The second-order valence-electron chi connectivity index (χ2n) is 4.87. The number of halogens is 3. The molecule has 1 atom stereocenters. The minimum Gasteiger partial charge on any atom is -0.324 e. The first-order valence-corrected chi connectivity index (χ1v) is 9.53. The van der Waals surface area contributed by atoms with Gasteiger partial charge in [0, 0.05) is 41.4 Å². The number of alkyl halides is 1. The molecule has 2 nitrogen and oxygen atoms in total. The molecule has 0 bridgehead atoms. The normalized spacial score (nSPS) is 19.3. The number of hydrogen-bond donors (Lipinski definition) is 0. The van der Waals surface area contributed by atoms with Gasteiger partial charge in [-0.15, -0.1) is 11.6 Å². The third-order valence-electron chi connectivity index (χ3n) is 3.47. The molecule has 0 N–H and O–H groups in total. The number of rotatable bonds is 4. The van der Waals surface area contributed by atoms with Crippen LogP contribution in [0.25, 0.3) is 11.0 Å². The number of imidazole rings is 1. The third kappa shape index (κ3) is 3.17. The van der Waals surface area contributed by atoms with Gasteiger partial charge in [0.1, 0.15) is 11.3 Å². The van der Waals surface area contributed by atoms with Gasteiger partial charge in [-0.3, -0.25) is 0 Å². The molecular weight excluding hydrogens is 334 g/mol. The Hall–Kier alpha value is -0.460. The number of nitrogens with zero attached hydrogens (tertiary/aromatic N) is 2. The van der Waals surface area contributed by atoms with E-state index in [1.54, 1.807) is 0 Å². The fourth-order valence-electron chi connectivity index (χ4n) is 2.52. The number of aryl methyl sites for hydroxylation is 1. The molecule has 114 valence electrons. The quantitative estimate of drug-likeness (QED) is 0.779. The molecule has 1 unspecified atom stereocenters. The van der Waals surface area contributed by atoms with E-state index in [1.165, 1.54) is 6.07 Å². The minimum absolute atomic E-state index is 0.270. The van der Waals surface area contributed by atoms with Gasteiger partial charge in [0.05, 0.1) is 5.52 Å². The lowest BCUT2D eigenvalue weighted by atomic mass is 10.3. The van der Waals surface area contributed by atoms with Gasteiger partial charge in [0.25, 0.3) is 0 Å². The maximum Gasteiger partial charge on any atom is 0.184 e. The maximum atomic E-state index is 14.2. The Morgan fingerprint density at radius 2 is 2.19 bits per heavy atom. The largest absolute Gasteiger partial charge is 0.324 e. The molecule has 0 saturated carbocycles. The molecule has 1 aromatic carbocycles. The summed E-state index contributed by atoms with van der Waals surface area (Å²) in [5.41, 5.74) is 0.772. The summed E-state index contributed by atoms with van der Waals surface area (Å²) in [5, 5.41) is 0.401. The molecule has 2 aromatic rings. The van der Waals surface area contributed by atoms with E-state index in [-0.39, 0.29) is 5.52 Å². The first kappa shape index (κ1) is 15.4. The molecule has 1 aliphatic rings. The van der Waals surface area contributed by atoms with Crippen LogP contribution in [0.4, 0.5) is 8.78 Å². The van der Waals surface area contributed by atoms with E-state index in [1.807, 2.05) is 28.1 Å². The Bertz CT molecular complexity index is 641. The van der Waals surface area contributed by atoms with Gasteiger partial charge in [0.15, 0.2) is 11.6 Å². The van der Waals surface area contributed by atoms with E-state index < -0.39 is 11.6 Å². The van der Waals surface area contributed by atoms with E-state index in [0.29, 0.717) is 29.6 Å². The van der Waals surface area contributed by atoms with E-state index in [9.17, 15) is 8.78 Å². The zero-order valence-corrected chi connectivity index (χ0v) is 13.7. The summed E-state index contributed by atoms with van der Waals surface area (Å²) in [6, 6.07) is 2.66. The van der Waals surface area contributed by atoms with Crippen molar-refractivity contribution in [3.63, 3.8) is 0 Å². The molecule has 1 aliphatic heterocycles. The van der Waals surface area contributed by atoms with Crippen molar-refractivity contribution in [2.45, 2.75) is 18.2 Å². The molecule has 1 fully saturated rings. The van der Waals surface area contributed by atoms with E-state index in [0.717, 1.165) is 29.1 Å². The van der Waals surface area contributed by atoms with Crippen LogP contribution in [-0.2, 0) is 13.0 Å². The first-order chi connectivity index (χ1) is 10.2. The van der Waals surface area contributed by atoms with Gasteiger partial charge in [-0.25, -0.2) is 13.8 Å². The highest BCUT2D eigenvalue weighted by molar-refractivity contribution is 8.06. The fraction of sp³-hybridized carbons (Fsp3) is 0.500. The molecule has 21 heavy (non-hydrogen) atoms. The molecule has 0 aliphatic carbocycles. The van der Waals surface area contributed by atoms with Crippen LogP contribution in [0.5, 0.6) is 0 Å². The second-order valence-corrected chi connectivity index (χ2v) is 7.81. The lowest BCUT2D eigenvalue weighted by molar-refractivity contribution is 0.510. The van der Waals surface area contributed by atoms with Crippen LogP contribution in [0, 0.1) is 11.6 Å². The van der Waals surface area contributed by atoms with Crippen LogP contribution in [0.1, 0.15) is 5.82 Å². The monoisotopic (exact) mass is 348 g/mol. The molecule has 2 heterocycles. The van der Waals surface area contributed by atoms with Gasteiger partial charge in [0.2, 0.25) is 0 Å². The van der Waals surface area contributed by atoms with Crippen LogP contribution >= 0.6 is 35.1 Å². The number of aromatic nitrogens is 2. The molecule has 0 radical (unpaired) electrons. The maximum absolute atomic E-state index is 14.2. The third-order valence-corrected chi connectivity index (χ3v) is 6.48. The Morgan fingerprint density at radius 1 is 1.33 bits per heavy atom. The molecule has 0 amide bonds. The van der Waals surface area contributed by atoms with Gasteiger partial charge < -0.3 is 4.57 Å². The lowest BCUT2D eigenvalue weighted by Crippen LogP contribution is -2.22. The van der Waals surface area contributed by atoms with Crippen molar-refractivity contribution < 1.29 is 8.78 Å². The summed E-state index contributed by atoms with van der Waals surface area (Å²) in [5.74, 6) is 2.80. The van der Waals surface area contributed by atoms with Crippen LogP contribution in [0.2, 0.25) is 0 Å². The van der Waals surface area contributed by atoms with Gasteiger partial charge in [-0.1, -0.05) is 0 Å². The average Bonchev–Trinajstić information content (AvgIpc) is 2.83. The summed E-state index contributed by atoms with van der Waals surface area (Å²) >= 11 is 9.62. The van der Waals surface area contributed by atoms with Crippen molar-refractivity contribution in [2.75, 3.05) is 23.1 Å². The van der Waals surface area contributed by atoms with Crippen LogP contribution < -0.4 is 0 Å². The van der Waals surface area contributed by atoms with Gasteiger partial charge >= 0.3 is 0 Å². The molecule has 1 aromatic heterocycles. The topological polar surface area (TPSA) is 17.8 Å². The van der Waals surface area contributed by atoms with Crippen molar-refractivity contribution >= 4 is 46.2 Å². The number of hydrogen-bond acceptors (Lipinski definition) is 3. The Kier molecular flexibility index (Phi) is 4.96. The average molecular weight is 349 g/mol. The zero-order chi connectivity index (χ0) is 14.8. The van der Waals surface area contributed by atoms with Crippen molar-refractivity contribution in [2.24, 2.45) is 0 Å². The lowest BCUT2D eigenvalue weighted by Gasteiger charge is -2.22. The van der Waals surface area contributed by atoms with Crippen LogP contribution in [-0.4, -0.2) is 37.9 Å². The van der Waals surface area contributed by atoms with Crippen LogP contribution in [0.15, 0.2) is 12.1 Å². The molecular formula is C14H15ClF2N2S2. The molecule has 1 saturated heterocycles. The predicted molar refractivity (Wildman–Crippen MR) is 87.6 cm³/mol. The molecule has 3 rings (SSSR count). The summed E-state index contributed by atoms with van der Waals surface area (Å²) in [6.07, 6.45) is 0.557. The highest BCUT2D eigenvalue weighted by atomic mass is 35.5. The smallest absolute Gasteiger partial charge is 0.184 e. The Labute approximate surface area is 135 Å². The van der Waals surface area contributed by atoms with Crippen molar-refractivity contribution in [3.8, 4) is 0 Å². The summed E-state index contributed by atoms with van der Waals surface area (Å²) < 4.78 is 29.6. The molecule has 0 spiro atoms. The number of thioether (sulfide) groups is 2. The highest BCUT2D eigenvalue weighted by Crippen LogP contribution is 2.29. The van der Waals surface area contributed by atoms with Crippen molar-refractivity contribution in [1.29, 1.82) is 0 Å².